The van der Waals surface area contributed by atoms with Crippen molar-refractivity contribution in [1.29, 1.82) is 0 Å². The number of halogens is 1. The van der Waals surface area contributed by atoms with E-state index in [-0.39, 0.29) is 11.7 Å². The van der Waals surface area contributed by atoms with Crippen molar-refractivity contribution in [3.05, 3.63) is 53.6 Å². The molecule has 1 saturated heterocycles. The van der Waals surface area contributed by atoms with Gasteiger partial charge >= 0.3 is 0 Å². The van der Waals surface area contributed by atoms with Gasteiger partial charge < -0.3 is 10.2 Å². The van der Waals surface area contributed by atoms with Crippen LogP contribution in [0.4, 0.5) is 10.3 Å². The van der Waals surface area contributed by atoms with Crippen molar-refractivity contribution in [3.8, 4) is 0 Å². The van der Waals surface area contributed by atoms with Crippen LogP contribution in [0.2, 0.25) is 0 Å². The van der Waals surface area contributed by atoms with Crippen molar-refractivity contribution in [3.63, 3.8) is 0 Å². The van der Waals surface area contributed by atoms with E-state index in [1.807, 2.05) is 0 Å². The maximum atomic E-state index is 12.8. The third-order valence-corrected chi connectivity index (χ3v) is 3.90. The Balaban J connectivity index is 1.50. The van der Waals surface area contributed by atoms with Gasteiger partial charge in [0.15, 0.2) is 0 Å². The molecular weight excluding hydrogens is 295 g/mol. The lowest BCUT2D eigenvalue weighted by molar-refractivity contribution is 0.0953. The van der Waals surface area contributed by atoms with E-state index >= 15 is 0 Å². The first-order chi connectivity index (χ1) is 11.2. The number of amides is 1. The Hall–Kier alpha value is -2.50. The van der Waals surface area contributed by atoms with Crippen molar-refractivity contribution in [2.75, 3.05) is 24.5 Å². The van der Waals surface area contributed by atoms with Crippen LogP contribution >= 0.6 is 0 Å². The van der Waals surface area contributed by atoms with Crippen LogP contribution in [0, 0.1) is 5.82 Å². The Kier molecular flexibility index (Phi) is 4.80. The van der Waals surface area contributed by atoms with Gasteiger partial charge in [0, 0.05) is 32.0 Å². The average Bonchev–Trinajstić information content (AvgIpc) is 3.11. The normalized spacial score (nSPS) is 14.0. The lowest BCUT2D eigenvalue weighted by Crippen LogP contribution is -2.26. The largest absolute Gasteiger partial charge is 0.352 e. The first-order valence-electron chi connectivity index (χ1n) is 7.82. The molecule has 6 heteroatoms. The number of rotatable bonds is 5. The third-order valence-electron chi connectivity index (χ3n) is 3.90. The molecule has 0 unspecified atom stereocenters. The summed E-state index contributed by atoms with van der Waals surface area (Å²) in [6, 6.07) is 6.27. The molecule has 1 aromatic heterocycles. The number of aromatic nitrogens is 2. The summed E-state index contributed by atoms with van der Waals surface area (Å²) >= 11 is 0. The Morgan fingerprint density at radius 2 is 1.78 bits per heavy atom. The summed E-state index contributed by atoms with van der Waals surface area (Å²) in [7, 11) is 0. The molecule has 1 aliphatic heterocycles. The summed E-state index contributed by atoms with van der Waals surface area (Å²) < 4.78 is 12.8. The molecule has 0 aliphatic carbocycles. The molecule has 120 valence electrons. The van der Waals surface area contributed by atoms with Crippen LogP contribution in [0.3, 0.4) is 0 Å². The minimum absolute atomic E-state index is 0.194. The topological polar surface area (TPSA) is 58.1 Å². The zero-order valence-electron chi connectivity index (χ0n) is 12.8. The van der Waals surface area contributed by atoms with Gasteiger partial charge in [0.2, 0.25) is 5.95 Å². The molecule has 5 nitrogen and oxygen atoms in total. The number of nitrogens with zero attached hydrogens (tertiary/aromatic N) is 3. The van der Waals surface area contributed by atoms with Crippen LogP contribution in [0.25, 0.3) is 0 Å². The summed E-state index contributed by atoms with van der Waals surface area (Å²) in [5.41, 5.74) is 1.43. The van der Waals surface area contributed by atoms with Crippen molar-refractivity contribution in [2.24, 2.45) is 0 Å². The summed E-state index contributed by atoms with van der Waals surface area (Å²) in [6.45, 7) is 2.44. The quantitative estimate of drug-likeness (QED) is 0.919. The van der Waals surface area contributed by atoms with E-state index in [0.717, 1.165) is 31.5 Å². The highest BCUT2D eigenvalue weighted by molar-refractivity contribution is 5.93. The van der Waals surface area contributed by atoms with E-state index in [0.29, 0.717) is 24.5 Å². The van der Waals surface area contributed by atoms with Crippen molar-refractivity contribution in [2.45, 2.75) is 19.3 Å². The molecule has 1 aromatic carbocycles. The summed E-state index contributed by atoms with van der Waals surface area (Å²) in [5.74, 6) is 0.235. The summed E-state index contributed by atoms with van der Waals surface area (Å²) in [4.78, 5) is 22.7. The van der Waals surface area contributed by atoms with Gasteiger partial charge in [0.05, 0.1) is 5.56 Å². The Bertz CT molecular complexity index is 651. The predicted molar refractivity (Wildman–Crippen MR) is 85.9 cm³/mol. The second-order valence-corrected chi connectivity index (χ2v) is 5.60. The minimum atomic E-state index is -0.256. The zero-order chi connectivity index (χ0) is 16.1. The fourth-order valence-corrected chi connectivity index (χ4v) is 2.59. The highest BCUT2D eigenvalue weighted by Gasteiger charge is 2.15. The van der Waals surface area contributed by atoms with Crippen molar-refractivity contribution in [1.82, 2.24) is 15.3 Å². The maximum absolute atomic E-state index is 12.8. The molecule has 0 spiro atoms. The first-order valence-corrected chi connectivity index (χ1v) is 7.82. The summed E-state index contributed by atoms with van der Waals surface area (Å²) in [5, 5.41) is 2.82. The standard InChI is InChI=1S/C17H19FN4O/c18-15-5-3-13(4-6-15)7-8-19-16(23)14-11-20-17(21-12-14)22-9-1-2-10-22/h3-6,11-12H,1-2,7-10H2,(H,19,23). The molecule has 0 bridgehead atoms. The van der Waals surface area contributed by atoms with Gasteiger partial charge in [-0.05, 0) is 37.0 Å². The molecule has 1 N–H and O–H groups in total. The molecule has 0 saturated carbocycles. The van der Waals surface area contributed by atoms with Gasteiger partial charge in [-0.2, -0.15) is 0 Å². The molecule has 2 heterocycles. The van der Waals surface area contributed by atoms with Crippen LogP contribution in [0.5, 0.6) is 0 Å². The minimum Gasteiger partial charge on any atom is -0.352 e. The first kappa shape index (κ1) is 15.4. The van der Waals surface area contributed by atoms with Crippen LogP contribution in [-0.4, -0.2) is 35.5 Å². The molecule has 1 aliphatic rings. The van der Waals surface area contributed by atoms with Crippen molar-refractivity contribution < 1.29 is 9.18 Å². The average molecular weight is 314 g/mol. The molecule has 0 atom stereocenters. The SMILES string of the molecule is O=C(NCCc1ccc(F)cc1)c1cnc(N2CCCC2)nc1. The third kappa shape index (κ3) is 4.03. The zero-order valence-corrected chi connectivity index (χ0v) is 12.8. The Morgan fingerprint density at radius 3 is 2.43 bits per heavy atom. The van der Waals surface area contributed by atoms with E-state index < -0.39 is 0 Å². The van der Waals surface area contributed by atoms with Crippen molar-refractivity contribution >= 4 is 11.9 Å². The number of carbonyl (C=O) groups excluding carboxylic acids is 1. The maximum Gasteiger partial charge on any atom is 0.254 e. The predicted octanol–water partition coefficient (Wildman–Crippen LogP) is 2.19. The van der Waals surface area contributed by atoms with Crippen LogP contribution in [0.1, 0.15) is 28.8 Å². The lowest BCUT2D eigenvalue weighted by atomic mass is 10.1. The van der Waals surface area contributed by atoms with Crippen LogP contribution < -0.4 is 10.2 Å². The molecule has 3 rings (SSSR count). The summed E-state index contributed by atoms with van der Waals surface area (Å²) in [6.07, 6.45) is 6.10. The Morgan fingerprint density at radius 1 is 1.13 bits per heavy atom. The fourth-order valence-electron chi connectivity index (χ4n) is 2.59. The van der Waals surface area contributed by atoms with Crippen LogP contribution in [0.15, 0.2) is 36.7 Å². The molecule has 0 radical (unpaired) electrons. The van der Waals surface area contributed by atoms with Gasteiger partial charge in [-0.3, -0.25) is 4.79 Å². The molecule has 23 heavy (non-hydrogen) atoms. The Labute approximate surface area is 134 Å². The number of hydrogen-bond acceptors (Lipinski definition) is 4. The van der Waals surface area contributed by atoms with Gasteiger partial charge in [-0.25, -0.2) is 14.4 Å². The van der Waals surface area contributed by atoms with E-state index in [4.69, 9.17) is 0 Å². The molecule has 2 aromatic rings. The molecule has 1 amide bonds. The second kappa shape index (κ2) is 7.17. The van der Waals surface area contributed by atoms with E-state index in [1.165, 1.54) is 12.1 Å². The fraction of sp³-hybridized carbons (Fsp3) is 0.353. The number of benzene rings is 1. The molecule has 1 fully saturated rings. The highest BCUT2D eigenvalue weighted by Crippen LogP contribution is 2.14. The van der Waals surface area contributed by atoms with Gasteiger partial charge in [-0.15, -0.1) is 0 Å². The van der Waals surface area contributed by atoms with Gasteiger partial charge in [0.25, 0.3) is 5.91 Å². The van der Waals surface area contributed by atoms with E-state index in [1.54, 1.807) is 24.5 Å². The monoisotopic (exact) mass is 314 g/mol. The smallest absolute Gasteiger partial charge is 0.254 e. The van der Waals surface area contributed by atoms with E-state index in [2.05, 4.69) is 20.2 Å². The van der Waals surface area contributed by atoms with Gasteiger partial charge in [0.1, 0.15) is 5.82 Å². The molecular formula is C17H19FN4O. The van der Waals surface area contributed by atoms with Gasteiger partial charge in [-0.1, -0.05) is 12.1 Å². The van der Waals surface area contributed by atoms with E-state index in [9.17, 15) is 9.18 Å². The number of nitrogens with one attached hydrogen (secondary N) is 1. The highest BCUT2D eigenvalue weighted by atomic mass is 19.1. The number of anilines is 1. The number of hydrogen-bond donors (Lipinski definition) is 1. The second-order valence-electron chi connectivity index (χ2n) is 5.60. The van der Waals surface area contributed by atoms with Crippen LogP contribution in [-0.2, 0) is 6.42 Å². The lowest BCUT2D eigenvalue weighted by Gasteiger charge is -2.14. The number of carbonyl (C=O) groups is 1.